The molecule has 0 aromatic carbocycles. The molecule has 2 fully saturated rings. The molecule has 1 unspecified atom stereocenters. The quantitative estimate of drug-likeness (QED) is 0.738. The number of carboxylic acid groups (broad SMARTS) is 1. The minimum Gasteiger partial charge on any atom is -0.480 e. The Labute approximate surface area is 154 Å². The van der Waals surface area contributed by atoms with Crippen molar-refractivity contribution in [1.82, 2.24) is 19.9 Å². The maximum atomic E-state index is 11.6. The van der Waals surface area contributed by atoms with Crippen LogP contribution in [0.25, 0.3) is 0 Å². The van der Waals surface area contributed by atoms with Crippen LogP contribution in [0, 0.1) is 5.41 Å². The molecule has 0 bridgehead atoms. The van der Waals surface area contributed by atoms with Crippen LogP contribution < -0.4 is 0 Å². The van der Waals surface area contributed by atoms with Gasteiger partial charge in [-0.2, -0.15) is 4.98 Å². The Bertz CT molecular complexity index is 598. The first-order valence-electron chi connectivity index (χ1n) is 9.55. The molecule has 26 heavy (non-hydrogen) atoms. The first-order valence-corrected chi connectivity index (χ1v) is 9.55. The monoisotopic (exact) mass is 366 g/mol. The van der Waals surface area contributed by atoms with Crippen molar-refractivity contribution < 1.29 is 19.2 Å². The highest BCUT2D eigenvalue weighted by molar-refractivity contribution is 5.74. The fourth-order valence-electron chi connectivity index (χ4n) is 4.30. The molecule has 8 heteroatoms. The molecule has 2 saturated heterocycles. The number of aliphatic carboxylic acids is 1. The Kier molecular flexibility index (Phi) is 6.26. The third-order valence-electron chi connectivity index (χ3n) is 5.72. The molecule has 0 saturated carbocycles. The van der Waals surface area contributed by atoms with Crippen LogP contribution in [-0.2, 0) is 22.5 Å². The van der Waals surface area contributed by atoms with Gasteiger partial charge in [0, 0.05) is 20.1 Å². The molecule has 146 valence electrons. The fourth-order valence-corrected chi connectivity index (χ4v) is 4.30. The Morgan fingerprint density at radius 1 is 1.42 bits per heavy atom. The van der Waals surface area contributed by atoms with Crippen molar-refractivity contribution in [1.29, 1.82) is 0 Å². The Morgan fingerprint density at radius 3 is 2.85 bits per heavy atom. The van der Waals surface area contributed by atoms with Gasteiger partial charge in [0.05, 0.1) is 13.2 Å². The van der Waals surface area contributed by atoms with Crippen molar-refractivity contribution in [3.05, 3.63) is 11.7 Å². The molecule has 3 rings (SSSR count). The molecule has 3 heterocycles. The largest absolute Gasteiger partial charge is 0.480 e. The SMILES string of the molecule is CCCN1CC2(CCN(Cc3nc(CCOC)no3)CC2)CC1C(=O)O. The summed E-state index contributed by atoms with van der Waals surface area (Å²) in [6.07, 6.45) is 4.49. The third-order valence-corrected chi connectivity index (χ3v) is 5.72. The van der Waals surface area contributed by atoms with Crippen LogP contribution in [-0.4, -0.2) is 77.0 Å². The van der Waals surface area contributed by atoms with Gasteiger partial charge in [-0.25, -0.2) is 0 Å². The number of nitrogens with zero attached hydrogens (tertiary/aromatic N) is 4. The van der Waals surface area contributed by atoms with E-state index in [9.17, 15) is 9.90 Å². The number of carbonyl (C=O) groups is 1. The van der Waals surface area contributed by atoms with E-state index >= 15 is 0 Å². The molecule has 0 aliphatic carbocycles. The number of rotatable bonds is 8. The van der Waals surface area contributed by atoms with Crippen LogP contribution in [0.15, 0.2) is 4.52 Å². The lowest BCUT2D eigenvalue weighted by Gasteiger charge is -2.38. The minimum atomic E-state index is -0.674. The van der Waals surface area contributed by atoms with Gasteiger partial charge in [-0.1, -0.05) is 12.1 Å². The van der Waals surface area contributed by atoms with Crippen molar-refractivity contribution in [2.24, 2.45) is 5.41 Å². The number of hydrogen-bond donors (Lipinski definition) is 1. The van der Waals surface area contributed by atoms with Crippen LogP contribution in [0.1, 0.15) is 44.3 Å². The molecule has 8 nitrogen and oxygen atoms in total. The molecule has 0 radical (unpaired) electrons. The summed E-state index contributed by atoms with van der Waals surface area (Å²) >= 11 is 0. The summed E-state index contributed by atoms with van der Waals surface area (Å²) in [5.74, 6) is 0.660. The van der Waals surface area contributed by atoms with Crippen LogP contribution in [0.2, 0.25) is 0 Å². The van der Waals surface area contributed by atoms with Crippen molar-refractivity contribution in [2.45, 2.75) is 51.6 Å². The van der Waals surface area contributed by atoms with Crippen molar-refractivity contribution in [3.63, 3.8) is 0 Å². The summed E-state index contributed by atoms with van der Waals surface area (Å²) < 4.78 is 10.4. The number of ether oxygens (including phenoxy) is 1. The predicted molar refractivity (Wildman–Crippen MR) is 94.7 cm³/mol. The zero-order chi connectivity index (χ0) is 18.6. The van der Waals surface area contributed by atoms with E-state index in [4.69, 9.17) is 9.26 Å². The number of likely N-dealkylation sites (tertiary alicyclic amines) is 2. The van der Waals surface area contributed by atoms with Crippen LogP contribution in [0.4, 0.5) is 0 Å². The third kappa shape index (κ3) is 4.42. The number of aromatic nitrogens is 2. The van der Waals surface area contributed by atoms with Gasteiger partial charge in [-0.05, 0) is 50.7 Å². The lowest BCUT2D eigenvalue weighted by Crippen LogP contribution is -2.41. The Balaban J connectivity index is 1.52. The van der Waals surface area contributed by atoms with Crippen molar-refractivity contribution >= 4 is 5.97 Å². The summed E-state index contributed by atoms with van der Waals surface area (Å²) in [6, 6.07) is -0.319. The van der Waals surface area contributed by atoms with Crippen LogP contribution in [0.5, 0.6) is 0 Å². The molecule has 1 spiro atoms. The standard InChI is InChI=1S/C18H30N4O4/c1-3-7-22-13-18(11-14(22)17(23)24)5-8-21(9-6-18)12-16-19-15(20-26-16)4-10-25-2/h14H,3-13H2,1-2H3,(H,23,24). The number of hydrogen-bond acceptors (Lipinski definition) is 7. The van der Waals surface area contributed by atoms with Gasteiger partial charge in [-0.3, -0.25) is 14.6 Å². The number of carboxylic acids is 1. The summed E-state index contributed by atoms with van der Waals surface area (Å²) in [7, 11) is 1.66. The van der Waals surface area contributed by atoms with Crippen LogP contribution >= 0.6 is 0 Å². The smallest absolute Gasteiger partial charge is 0.320 e. The average molecular weight is 366 g/mol. The van der Waals surface area contributed by atoms with Gasteiger partial charge in [0.25, 0.3) is 0 Å². The molecule has 2 aliphatic heterocycles. The number of piperidine rings is 1. The van der Waals surface area contributed by atoms with Gasteiger partial charge in [0.2, 0.25) is 5.89 Å². The first kappa shape index (κ1) is 19.3. The second kappa shape index (κ2) is 8.45. The van der Waals surface area contributed by atoms with E-state index in [1.165, 1.54) is 0 Å². The molecular formula is C18H30N4O4. The molecular weight excluding hydrogens is 336 g/mol. The normalized spacial score (nSPS) is 23.7. The van der Waals surface area contributed by atoms with E-state index in [0.717, 1.165) is 51.9 Å². The summed E-state index contributed by atoms with van der Waals surface area (Å²) in [5, 5.41) is 13.5. The van der Waals surface area contributed by atoms with E-state index < -0.39 is 5.97 Å². The highest BCUT2D eigenvalue weighted by Gasteiger charge is 2.47. The summed E-state index contributed by atoms with van der Waals surface area (Å²) in [6.45, 7) is 7.03. The Morgan fingerprint density at radius 2 is 2.19 bits per heavy atom. The maximum Gasteiger partial charge on any atom is 0.320 e. The molecule has 1 aromatic heterocycles. The van der Waals surface area contributed by atoms with Gasteiger partial charge in [0.1, 0.15) is 6.04 Å². The van der Waals surface area contributed by atoms with E-state index in [-0.39, 0.29) is 11.5 Å². The van der Waals surface area contributed by atoms with Crippen LogP contribution in [0.3, 0.4) is 0 Å². The topological polar surface area (TPSA) is 91.9 Å². The number of methoxy groups -OCH3 is 1. The second-order valence-electron chi connectivity index (χ2n) is 7.65. The summed E-state index contributed by atoms with van der Waals surface area (Å²) in [5.41, 5.74) is 0.146. The maximum absolute atomic E-state index is 11.6. The van der Waals surface area contributed by atoms with Gasteiger partial charge < -0.3 is 14.4 Å². The molecule has 1 aromatic rings. The predicted octanol–water partition coefficient (Wildman–Crippen LogP) is 1.41. The van der Waals surface area contributed by atoms with Gasteiger partial charge in [-0.15, -0.1) is 0 Å². The minimum absolute atomic E-state index is 0.146. The van der Waals surface area contributed by atoms with E-state index in [1.807, 2.05) is 0 Å². The van der Waals surface area contributed by atoms with E-state index in [1.54, 1.807) is 7.11 Å². The molecule has 1 atom stereocenters. The lowest BCUT2D eigenvalue weighted by molar-refractivity contribution is -0.142. The molecule has 1 N–H and O–H groups in total. The summed E-state index contributed by atoms with van der Waals surface area (Å²) in [4.78, 5) is 20.5. The highest BCUT2D eigenvalue weighted by atomic mass is 16.5. The lowest BCUT2D eigenvalue weighted by atomic mass is 9.76. The Hall–Kier alpha value is -1.51. The zero-order valence-electron chi connectivity index (χ0n) is 15.8. The zero-order valence-corrected chi connectivity index (χ0v) is 15.8. The average Bonchev–Trinajstić information content (AvgIpc) is 3.21. The molecule has 2 aliphatic rings. The van der Waals surface area contributed by atoms with E-state index in [0.29, 0.717) is 31.3 Å². The van der Waals surface area contributed by atoms with Crippen molar-refractivity contribution in [2.75, 3.05) is 39.9 Å². The van der Waals surface area contributed by atoms with E-state index in [2.05, 4.69) is 26.9 Å². The first-order chi connectivity index (χ1) is 12.5. The van der Waals surface area contributed by atoms with Crippen molar-refractivity contribution in [3.8, 4) is 0 Å². The fraction of sp³-hybridized carbons (Fsp3) is 0.833. The van der Waals surface area contributed by atoms with Gasteiger partial charge >= 0.3 is 5.97 Å². The molecule has 0 amide bonds. The highest BCUT2D eigenvalue weighted by Crippen LogP contribution is 2.43. The second-order valence-corrected chi connectivity index (χ2v) is 7.65. The van der Waals surface area contributed by atoms with Gasteiger partial charge in [0.15, 0.2) is 5.82 Å².